The van der Waals surface area contributed by atoms with Crippen LogP contribution in [-0.4, -0.2) is 16.1 Å². The number of halogens is 1. The molecule has 0 saturated heterocycles. The highest BCUT2D eigenvalue weighted by Crippen LogP contribution is 2.29. The maximum Gasteiger partial charge on any atom is 0.315 e. The summed E-state index contributed by atoms with van der Waals surface area (Å²) in [5, 5.41) is 12.7. The van der Waals surface area contributed by atoms with Crippen molar-refractivity contribution in [2.45, 2.75) is 29.9 Å². The molecule has 3 nitrogen and oxygen atoms in total. The lowest BCUT2D eigenvalue weighted by Crippen LogP contribution is -2.28. The van der Waals surface area contributed by atoms with Crippen LogP contribution in [-0.2, 0) is 16.0 Å². The summed E-state index contributed by atoms with van der Waals surface area (Å²) in [5.41, 5.74) is -0.332. The third-order valence-corrected chi connectivity index (χ3v) is 5.21. The van der Waals surface area contributed by atoms with E-state index in [0.717, 1.165) is 15.7 Å². The Labute approximate surface area is 131 Å². The monoisotopic (exact) mass is 327 g/mol. The lowest BCUT2D eigenvalue weighted by Gasteiger charge is -2.15. The zero-order valence-corrected chi connectivity index (χ0v) is 13.5. The molecule has 20 heavy (non-hydrogen) atoms. The Hall–Kier alpha value is -1.04. The van der Waals surface area contributed by atoms with Crippen molar-refractivity contribution in [2.24, 2.45) is 0 Å². The molecule has 0 aliphatic carbocycles. The summed E-state index contributed by atoms with van der Waals surface area (Å²) < 4.78 is 0. The molecule has 0 fully saturated rings. The number of nitrogens with zero attached hydrogens (tertiary/aromatic N) is 1. The van der Waals surface area contributed by atoms with Gasteiger partial charge in [0.25, 0.3) is 0 Å². The van der Waals surface area contributed by atoms with Crippen molar-refractivity contribution in [1.82, 2.24) is 4.98 Å². The van der Waals surface area contributed by atoms with Gasteiger partial charge in [0.05, 0.1) is 11.4 Å². The molecule has 1 heterocycles. The van der Waals surface area contributed by atoms with Gasteiger partial charge in [0.2, 0.25) is 0 Å². The number of benzene rings is 1. The van der Waals surface area contributed by atoms with Gasteiger partial charge in [-0.2, -0.15) is 0 Å². The SMILES string of the molecule is CC(C)(C(=O)O)c1csc(CSc2ccc(Cl)cc2)n1. The number of carboxylic acid groups (broad SMARTS) is 1. The number of hydrogen-bond acceptors (Lipinski definition) is 4. The molecule has 0 aliphatic heterocycles. The first kappa shape index (κ1) is 15.4. The summed E-state index contributed by atoms with van der Waals surface area (Å²) in [6.07, 6.45) is 0. The van der Waals surface area contributed by atoms with E-state index in [0.29, 0.717) is 10.7 Å². The van der Waals surface area contributed by atoms with Gasteiger partial charge in [-0.05, 0) is 38.1 Å². The molecule has 0 saturated carbocycles. The van der Waals surface area contributed by atoms with Gasteiger partial charge in [-0.1, -0.05) is 11.6 Å². The summed E-state index contributed by atoms with van der Waals surface area (Å²) in [6, 6.07) is 7.63. The predicted molar refractivity (Wildman–Crippen MR) is 83.8 cm³/mol. The first-order valence-electron chi connectivity index (χ1n) is 5.96. The van der Waals surface area contributed by atoms with E-state index >= 15 is 0 Å². The number of rotatable bonds is 5. The Morgan fingerprint density at radius 3 is 2.65 bits per heavy atom. The van der Waals surface area contributed by atoms with E-state index in [4.69, 9.17) is 11.6 Å². The van der Waals surface area contributed by atoms with Crippen LogP contribution in [0.15, 0.2) is 34.5 Å². The number of aromatic nitrogens is 1. The van der Waals surface area contributed by atoms with Crippen LogP contribution in [0.25, 0.3) is 0 Å². The van der Waals surface area contributed by atoms with Crippen molar-refractivity contribution in [1.29, 1.82) is 0 Å². The van der Waals surface area contributed by atoms with Gasteiger partial charge in [-0.3, -0.25) is 4.79 Å². The van der Waals surface area contributed by atoms with E-state index in [1.807, 2.05) is 29.6 Å². The average molecular weight is 328 g/mol. The average Bonchev–Trinajstić information content (AvgIpc) is 2.87. The molecular weight excluding hydrogens is 314 g/mol. The Morgan fingerprint density at radius 1 is 1.40 bits per heavy atom. The van der Waals surface area contributed by atoms with Crippen LogP contribution in [0.2, 0.25) is 5.02 Å². The Balaban J connectivity index is 2.03. The second-order valence-electron chi connectivity index (χ2n) is 4.80. The Morgan fingerprint density at radius 2 is 2.05 bits per heavy atom. The molecule has 0 unspecified atom stereocenters. The molecule has 6 heteroatoms. The van der Waals surface area contributed by atoms with E-state index < -0.39 is 11.4 Å². The second kappa shape index (κ2) is 6.16. The van der Waals surface area contributed by atoms with Crippen molar-refractivity contribution < 1.29 is 9.90 Å². The van der Waals surface area contributed by atoms with Gasteiger partial charge < -0.3 is 5.11 Å². The van der Waals surface area contributed by atoms with Gasteiger partial charge in [-0.15, -0.1) is 23.1 Å². The topological polar surface area (TPSA) is 50.2 Å². The molecule has 0 spiro atoms. The molecule has 0 atom stereocenters. The van der Waals surface area contributed by atoms with Crippen LogP contribution in [0, 0.1) is 0 Å². The standard InChI is InChI=1S/C14H14ClNO2S2/c1-14(2,13(17)18)11-7-20-12(16-11)8-19-10-5-3-9(15)4-6-10/h3-7H,8H2,1-2H3,(H,17,18). The predicted octanol–water partition coefficient (Wildman–Crippen LogP) is 4.45. The molecule has 2 aromatic rings. The summed E-state index contributed by atoms with van der Waals surface area (Å²) in [7, 11) is 0. The van der Waals surface area contributed by atoms with Gasteiger partial charge in [0.1, 0.15) is 10.4 Å². The molecule has 1 N–H and O–H groups in total. The summed E-state index contributed by atoms with van der Waals surface area (Å²) in [4.78, 5) is 16.7. The zero-order chi connectivity index (χ0) is 14.8. The number of thiazole rings is 1. The first-order chi connectivity index (χ1) is 9.39. The van der Waals surface area contributed by atoms with E-state index in [1.54, 1.807) is 25.6 Å². The normalized spacial score (nSPS) is 11.6. The molecule has 0 aliphatic rings. The lowest BCUT2D eigenvalue weighted by atomic mass is 9.90. The maximum atomic E-state index is 11.2. The van der Waals surface area contributed by atoms with Crippen LogP contribution < -0.4 is 0 Å². The van der Waals surface area contributed by atoms with Crippen molar-refractivity contribution in [2.75, 3.05) is 0 Å². The Bertz CT molecular complexity index is 608. The summed E-state index contributed by atoms with van der Waals surface area (Å²) >= 11 is 8.99. The van der Waals surface area contributed by atoms with Crippen molar-refractivity contribution >= 4 is 40.7 Å². The lowest BCUT2D eigenvalue weighted by molar-refractivity contribution is -0.142. The zero-order valence-electron chi connectivity index (χ0n) is 11.1. The third kappa shape index (κ3) is 3.53. The number of hydrogen-bond donors (Lipinski definition) is 1. The van der Waals surface area contributed by atoms with Crippen LogP contribution in [0.1, 0.15) is 24.5 Å². The molecule has 106 valence electrons. The smallest absolute Gasteiger partial charge is 0.315 e. The quantitative estimate of drug-likeness (QED) is 0.824. The van der Waals surface area contributed by atoms with Gasteiger partial charge in [0.15, 0.2) is 0 Å². The van der Waals surface area contributed by atoms with Gasteiger partial charge in [-0.25, -0.2) is 4.98 Å². The maximum absolute atomic E-state index is 11.2. The summed E-state index contributed by atoms with van der Waals surface area (Å²) in [5.74, 6) is -0.137. The second-order valence-corrected chi connectivity index (χ2v) is 7.23. The fourth-order valence-corrected chi connectivity index (χ4v) is 3.45. The van der Waals surface area contributed by atoms with E-state index in [1.165, 1.54) is 11.3 Å². The van der Waals surface area contributed by atoms with E-state index in [2.05, 4.69) is 4.98 Å². The fraction of sp³-hybridized carbons (Fsp3) is 0.286. The fourth-order valence-electron chi connectivity index (χ4n) is 1.45. The van der Waals surface area contributed by atoms with Crippen LogP contribution >= 0.6 is 34.7 Å². The molecule has 2 rings (SSSR count). The molecule has 0 bridgehead atoms. The van der Waals surface area contributed by atoms with Crippen molar-refractivity contribution in [3.8, 4) is 0 Å². The number of carbonyl (C=O) groups is 1. The van der Waals surface area contributed by atoms with Crippen molar-refractivity contribution in [3.63, 3.8) is 0 Å². The van der Waals surface area contributed by atoms with Gasteiger partial charge >= 0.3 is 5.97 Å². The first-order valence-corrected chi connectivity index (χ1v) is 8.20. The number of carboxylic acids is 1. The highest BCUT2D eigenvalue weighted by molar-refractivity contribution is 7.98. The molecule has 1 aromatic carbocycles. The number of thioether (sulfide) groups is 1. The molecule has 0 radical (unpaired) electrons. The van der Waals surface area contributed by atoms with Crippen LogP contribution in [0.4, 0.5) is 0 Å². The minimum Gasteiger partial charge on any atom is -0.481 e. The molecular formula is C14H14ClNO2S2. The highest BCUT2D eigenvalue weighted by atomic mass is 35.5. The minimum absolute atomic E-state index is 0.613. The van der Waals surface area contributed by atoms with Crippen LogP contribution in [0.3, 0.4) is 0 Å². The largest absolute Gasteiger partial charge is 0.481 e. The molecule has 1 aromatic heterocycles. The third-order valence-electron chi connectivity index (χ3n) is 2.90. The molecule has 0 amide bonds. The van der Waals surface area contributed by atoms with Gasteiger partial charge in [0, 0.05) is 15.3 Å². The van der Waals surface area contributed by atoms with E-state index in [-0.39, 0.29) is 0 Å². The van der Waals surface area contributed by atoms with Crippen molar-refractivity contribution in [3.05, 3.63) is 45.4 Å². The summed E-state index contributed by atoms with van der Waals surface area (Å²) in [6.45, 7) is 3.33. The number of aliphatic carboxylic acids is 1. The minimum atomic E-state index is -0.945. The van der Waals surface area contributed by atoms with Crippen LogP contribution in [0.5, 0.6) is 0 Å². The van der Waals surface area contributed by atoms with E-state index in [9.17, 15) is 9.90 Å². The Kier molecular flexibility index (Phi) is 4.73. The highest BCUT2D eigenvalue weighted by Gasteiger charge is 2.31.